The minimum Gasteiger partial charge on any atom is -0.491 e. The molecule has 1 aromatic carbocycles. The van der Waals surface area contributed by atoms with Crippen LogP contribution >= 0.6 is 11.6 Å². The number of rotatable bonds is 7. The van der Waals surface area contributed by atoms with E-state index in [4.69, 9.17) is 16.3 Å². The summed E-state index contributed by atoms with van der Waals surface area (Å²) in [6.07, 6.45) is -0.378. The van der Waals surface area contributed by atoms with Crippen LogP contribution in [0.15, 0.2) is 24.3 Å². The Bertz CT molecular complexity index is 562. The molecule has 0 aliphatic carbocycles. The molecule has 0 spiro atoms. The molecule has 3 amide bonds. The van der Waals surface area contributed by atoms with Gasteiger partial charge in [0.1, 0.15) is 24.5 Å². The molecular weight excluding hydrogens is 320 g/mol. The molecule has 126 valence electrons. The van der Waals surface area contributed by atoms with E-state index in [0.29, 0.717) is 23.1 Å². The lowest BCUT2D eigenvalue weighted by Gasteiger charge is -2.18. The molecule has 23 heavy (non-hydrogen) atoms. The second-order valence-electron chi connectivity index (χ2n) is 6.00. The molecule has 1 aliphatic heterocycles. The first kappa shape index (κ1) is 17.6. The fraction of sp³-hybridized carbons (Fsp3) is 0.500. The third-order valence-corrected chi connectivity index (χ3v) is 3.72. The van der Waals surface area contributed by atoms with E-state index in [1.807, 2.05) is 13.8 Å². The van der Waals surface area contributed by atoms with E-state index in [-0.39, 0.29) is 19.1 Å². The number of carbonyl (C=O) groups excluding carboxylic acids is 2. The van der Waals surface area contributed by atoms with Crippen LogP contribution in [0.25, 0.3) is 0 Å². The number of nitrogens with zero attached hydrogens (tertiary/aromatic N) is 1. The van der Waals surface area contributed by atoms with Crippen LogP contribution in [-0.4, -0.2) is 47.2 Å². The van der Waals surface area contributed by atoms with Gasteiger partial charge in [0.05, 0.1) is 6.54 Å². The SMILES string of the molecule is CC(C)CC1NC(=O)N(CC(O)COc2ccc(Cl)cc2)C1=O. The number of hydrogen-bond acceptors (Lipinski definition) is 4. The number of β-amino-alcohol motifs (C(OH)–C–C–N with tert-alkyl or cyclic N) is 1. The minimum absolute atomic E-state index is 0.0203. The van der Waals surface area contributed by atoms with E-state index in [1.54, 1.807) is 24.3 Å². The van der Waals surface area contributed by atoms with Crippen LogP contribution in [0.5, 0.6) is 5.75 Å². The van der Waals surface area contributed by atoms with E-state index in [9.17, 15) is 14.7 Å². The summed E-state index contributed by atoms with van der Waals surface area (Å²) in [4.78, 5) is 25.1. The lowest BCUT2D eigenvalue weighted by atomic mass is 10.0. The van der Waals surface area contributed by atoms with Gasteiger partial charge in [0.15, 0.2) is 0 Å². The largest absolute Gasteiger partial charge is 0.491 e. The van der Waals surface area contributed by atoms with Crippen LogP contribution < -0.4 is 10.1 Å². The molecule has 1 saturated heterocycles. The first-order valence-corrected chi connectivity index (χ1v) is 7.93. The molecule has 0 saturated carbocycles. The van der Waals surface area contributed by atoms with Crippen LogP contribution in [-0.2, 0) is 4.79 Å². The van der Waals surface area contributed by atoms with Crippen molar-refractivity contribution in [2.24, 2.45) is 5.92 Å². The summed E-state index contributed by atoms with van der Waals surface area (Å²) in [6, 6.07) is 5.75. The molecule has 1 aliphatic rings. The molecule has 0 bridgehead atoms. The highest BCUT2D eigenvalue weighted by Gasteiger charge is 2.38. The van der Waals surface area contributed by atoms with E-state index in [2.05, 4.69) is 5.32 Å². The summed E-state index contributed by atoms with van der Waals surface area (Å²) in [6.45, 7) is 3.86. The highest BCUT2D eigenvalue weighted by Crippen LogP contribution is 2.17. The number of halogens is 1. The van der Waals surface area contributed by atoms with Crippen LogP contribution in [0.1, 0.15) is 20.3 Å². The number of hydrogen-bond donors (Lipinski definition) is 2. The van der Waals surface area contributed by atoms with Gasteiger partial charge in [-0.2, -0.15) is 0 Å². The average molecular weight is 341 g/mol. The van der Waals surface area contributed by atoms with Crippen molar-refractivity contribution in [3.05, 3.63) is 29.3 Å². The molecule has 7 heteroatoms. The summed E-state index contributed by atoms with van der Waals surface area (Å²) in [5.74, 6) is 0.555. The quantitative estimate of drug-likeness (QED) is 0.744. The number of imide groups is 1. The summed E-state index contributed by atoms with van der Waals surface area (Å²) >= 11 is 5.78. The summed E-state index contributed by atoms with van der Waals surface area (Å²) in [5.41, 5.74) is 0. The van der Waals surface area contributed by atoms with Gasteiger partial charge >= 0.3 is 6.03 Å². The predicted octanol–water partition coefficient (Wildman–Crippen LogP) is 2.05. The van der Waals surface area contributed by atoms with Gasteiger partial charge < -0.3 is 15.2 Å². The second-order valence-corrected chi connectivity index (χ2v) is 6.44. The number of nitrogens with one attached hydrogen (secondary N) is 1. The summed E-state index contributed by atoms with van der Waals surface area (Å²) in [7, 11) is 0. The van der Waals surface area contributed by atoms with E-state index in [1.165, 1.54) is 0 Å². The van der Waals surface area contributed by atoms with Gasteiger partial charge in [-0.25, -0.2) is 4.79 Å². The Hall–Kier alpha value is -1.79. The maximum atomic E-state index is 12.2. The Morgan fingerprint density at radius 3 is 2.57 bits per heavy atom. The molecule has 2 N–H and O–H groups in total. The highest BCUT2D eigenvalue weighted by atomic mass is 35.5. The van der Waals surface area contributed by atoms with Crippen molar-refractivity contribution in [1.82, 2.24) is 10.2 Å². The number of benzene rings is 1. The maximum Gasteiger partial charge on any atom is 0.324 e. The normalized spacial score (nSPS) is 19.2. The minimum atomic E-state index is -0.960. The Kier molecular flexibility index (Phi) is 5.85. The van der Waals surface area contributed by atoms with Gasteiger partial charge in [-0.05, 0) is 36.6 Å². The van der Waals surface area contributed by atoms with Crippen molar-refractivity contribution in [2.75, 3.05) is 13.2 Å². The number of carbonyl (C=O) groups is 2. The number of aliphatic hydroxyl groups excluding tert-OH is 1. The molecule has 1 aromatic rings. The van der Waals surface area contributed by atoms with Gasteiger partial charge in [0, 0.05) is 5.02 Å². The monoisotopic (exact) mass is 340 g/mol. The number of ether oxygens (including phenoxy) is 1. The van der Waals surface area contributed by atoms with Crippen molar-refractivity contribution in [1.29, 1.82) is 0 Å². The zero-order chi connectivity index (χ0) is 17.0. The van der Waals surface area contributed by atoms with E-state index in [0.717, 1.165) is 4.90 Å². The number of urea groups is 1. The number of aliphatic hydroxyl groups is 1. The lowest BCUT2D eigenvalue weighted by molar-refractivity contribution is -0.128. The smallest absolute Gasteiger partial charge is 0.324 e. The fourth-order valence-corrected chi connectivity index (χ4v) is 2.49. The van der Waals surface area contributed by atoms with Gasteiger partial charge in [-0.1, -0.05) is 25.4 Å². The summed E-state index contributed by atoms with van der Waals surface area (Å²) in [5, 5.41) is 13.2. The Labute approximate surface area is 140 Å². The lowest BCUT2D eigenvalue weighted by Crippen LogP contribution is -2.40. The van der Waals surface area contributed by atoms with Crippen molar-refractivity contribution in [3.63, 3.8) is 0 Å². The molecule has 0 radical (unpaired) electrons. The van der Waals surface area contributed by atoms with Crippen LogP contribution in [0.3, 0.4) is 0 Å². The Balaban J connectivity index is 1.84. The zero-order valence-corrected chi connectivity index (χ0v) is 13.9. The molecule has 2 rings (SSSR count). The molecule has 6 nitrogen and oxygen atoms in total. The van der Waals surface area contributed by atoms with Crippen LogP contribution in [0, 0.1) is 5.92 Å². The predicted molar refractivity (Wildman–Crippen MR) is 86.4 cm³/mol. The average Bonchev–Trinajstić information content (AvgIpc) is 2.73. The first-order chi connectivity index (χ1) is 10.9. The van der Waals surface area contributed by atoms with Gasteiger partial charge in [-0.3, -0.25) is 9.69 Å². The van der Waals surface area contributed by atoms with Gasteiger partial charge in [0.2, 0.25) is 0 Å². The van der Waals surface area contributed by atoms with Crippen LogP contribution in [0.2, 0.25) is 5.02 Å². The molecular formula is C16H21ClN2O4. The van der Waals surface area contributed by atoms with Crippen molar-refractivity contribution >= 4 is 23.5 Å². The third-order valence-electron chi connectivity index (χ3n) is 3.46. The van der Waals surface area contributed by atoms with Crippen molar-refractivity contribution in [2.45, 2.75) is 32.4 Å². The van der Waals surface area contributed by atoms with Gasteiger partial charge in [0.25, 0.3) is 5.91 Å². The van der Waals surface area contributed by atoms with Crippen LogP contribution in [0.4, 0.5) is 4.79 Å². The maximum absolute atomic E-state index is 12.2. The molecule has 2 atom stereocenters. The molecule has 0 aromatic heterocycles. The summed E-state index contributed by atoms with van der Waals surface area (Å²) < 4.78 is 5.42. The number of amides is 3. The first-order valence-electron chi connectivity index (χ1n) is 7.55. The molecule has 1 heterocycles. The molecule has 1 fully saturated rings. The second kappa shape index (κ2) is 7.66. The fourth-order valence-electron chi connectivity index (χ4n) is 2.37. The van der Waals surface area contributed by atoms with Crippen molar-refractivity contribution in [3.8, 4) is 5.75 Å². The van der Waals surface area contributed by atoms with E-state index < -0.39 is 18.2 Å². The Morgan fingerprint density at radius 1 is 1.30 bits per heavy atom. The zero-order valence-electron chi connectivity index (χ0n) is 13.2. The topological polar surface area (TPSA) is 78.9 Å². The Morgan fingerprint density at radius 2 is 1.96 bits per heavy atom. The third kappa shape index (κ3) is 4.84. The van der Waals surface area contributed by atoms with E-state index >= 15 is 0 Å². The van der Waals surface area contributed by atoms with Crippen molar-refractivity contribution < 1.29 is 19.4 Å². The van der Waals surface area contributed by atoms with Gasteiger partial charge in [-0.15, -0.1) is 0 Å². The standard InChI is InChI=1S/C16H21ClN2O4/c1-10(2)7-14-15(21)19(16(22)18-14)8-12(20)9-23-13-5-3-11(17)4-6-13/h3-6,10,12,14,20H,7-9H2,1-2H3,(H,18,22). The molecule has 2 unspecified atom stereocenters. The highest BCUT2D eigenvalue weighted by molar-refractivity contribution is 6.30.